The van der Waals surface area contributed by atoms with Crippen LogP contribution in [0, 0.1) is 0 Å². The van der Waals surface area contributed by atoms with Gasteiger partial charge in [-0.3, -0.25) is 9.80 Å². The number of amidine groups is 1. The fraction of sp³-hybridized carbons (Fsp3) is 0.423. The number of hydrazine groups is 2. The minimum Gasteiger partial charge on any atom is -0.491 e. The highest BCUT2D eigenvalue weighted by molar-refractivity contribution is 6.13. The van der Waals surface area contributed by atoms with Gasteiger partial charge < -0.3 is 19.4 Å². The van der Waals surface area contributed by atoms with E-state index in [-0.39, 0.29) is 6.03 Å². The molecule has 13 nitrogen and oxygen atoms in total. The van der Waals surface area contributed by atoms with E-state index in [9.17, 15) is 4.79 Å². The SMILES string of the molecule is COCCOc1ccc(N2CCN(CCN3C(=O)N(C)N4C5=C(c6ccc[nH]6)N=CN(N)C5=NC34)CC2)cc1. The Morgan fingerprint density at radius 2 is 1.87 bits per heavy atom. The summed E-state index contributed by atoms with van der Waals surface area (Å²) >= 11 is 0. The minimum absolute atomic E-state index is 0.0919. The lowest BCUT2D eigenvalue weighted by Crippen LogP contribution is -2.49. The maximum Gasteiger partial charge on any atom is 0.341 e. The molecule has 0 saturated carbocycles. The van der Waals surface area contributed by atoms with E-state index in [2.05, 4.69) is 31.9 Å². The molecule has 2 aromatic rings. The highest BCUT2D eigenvalue weighted by Gasteiger charge is 2.51. The second-order valence-corrected chi connectivity index (χ2v) is 9.74. The number of rotatable bonds is 9. The predicted octanol–water partition coefficient (Wildman–Crippen LogP) is 1.03. The quantitative estimate of drug-likeness (QED) is 0.362. The number of piperazine rings is 1. The Balaban J connectivity index is 1.07. The van der Waals surface area contributed by atoms with Crippen molar-refractivity contribution in [2.45, 2.75) is 6.29 Å². The van der Waals surface area contributed by atoms with Crippen molar-refractivity contribution in [1.82, 2.24) is 29.8 Å². The Kier molecular flexibility index (Phi) is 6.85. The summed E-state index contributed by atoms with van der Waals surface area (Å²) in [5.41, 5.74) is 3.45. The first-order valence-electron chi connectivity index (χ1n) is 13.1. The number of H-pyrrole nitrogens is 1. The molecule has 0 radical (unpaired) electrons. The molecule has 2 saturated heterocycles. The summed E-state index contributed by atoms with van der Waals surface area (Å²) in [5, 5.41) is 4.90. The highest BCUT2D eigenvalue weighted by atomic mass is 16.5. The second kappa shape index (κ2) is 10.6. The molecule has 1 aromatic heterocycles. The Hall–Kier alpha value is -4.07. The maximum atomic E-state index is 13.3. The van der Waals surface area contributed by atoms with Gasteiger partial charge in [-0.05, 0) is 36.4 Å². The summed E-state index contributed by atoms with van der Waals surface area (Å²) < 4.78 is 10.7. The molecule has 4 aliphatic rings. The fourth-order valence-corrected chi connectivity index (χ4v) is 5.33. The summed E-state index contributed by atoms with van der Waals surface area (Å²) in [4.78, 5) is 32.4. The number of urea groups is 1. The van der Waals surface area contributed by atoms with Gasteiger partial charge in [-0.2, -0.15) is 0 Å². The molecule has 0 aliphatic carbocycles. The zero-order valence-corrected chi connectivity index (χ0v) is 22.2. The molecule has 2 amide bonds. The highest BCUT2D eigenvalue weighted by Crippen LogP contribution is 2.38. The van der Waals surface area contributed by atoms with Gasteiger partial charge in [0.15, 0.2) is 5.84 Å². The summed E-state index contributed by atoms with van der Waals surface area (Å²) in [6.45, 7) is 6.10. The molecule has 1 aromatic carbocycles. The number of nitrogens with two attached hydrogens (primary N) is 1. The van der Waals surface area contributed by atoms with Crippen molar-refractivity contribution in [1.29, 1.82) is 0 Å². The van der Waals surface area contributed by atoms with E-state index in [4.69, 9.17) is 20.3 Å². The molecule has 2 fully saturated rings. The first kappa shape index (κ1) is 25.2. The van der Waals surface area contributed by atoms with Gasteiger partial charge >= 0.3 is 6.03 Å². The van der Waals surface area contributed by atoms with Crippen LogP contribution in [0.25, 0.3) is 5.70 Å². The number of carbonyl (C=O) groups excluding carboxylic acids is 1. The number of aliphatic imine (C=N–C) groups is 2. The van der Waals surface area contributed by atoms with Gasteiger partial charge in [0.1, 0.15) is 30.1 Å². The largest absolute Gasteiger partial charge is 0.491 e. The number of ether oxygens (including phenoxy) is 2. The number of hydrogen-bond acceptors (Lipinski definition) is 10. The molecular formula is C26H34N10O3. The van der Waals surface area contributed by atoms with E-state index in [1.54, 1.807) is 30.4 Å². The first-order valence-corrected chi connectivity index (χ1v) is 13.1. The molecule has 3 N–H and O–H groups in total. The van der Waals surface area contributed by atoms with Crippen LogP contribution in [0.2, 0.25) is 0 Å². The zero-order valence-electron chi connectivity index (χ0n) is 22.2. The van der Waals surface area contributed by atoms with Gasteiger partial charge in [0.05, 0.1) is 12.3 Å². The first-order chi connectivity index (χ1) is 19.0. The average Bonchev–Trinajstić information content (AvgIpc) is 3.68. The number of aromatic amines is 1. The molecule has 0 bridgehead atoms. The number of aromatic nitrogens is 1. The monoisotopic (exact) mass is 534 g/mol. The lowest BCUT2D eigenvalue weighted by Gasteiger charge is -2.36. The number of methoxy groups -OCH3 is 1. The molecular weight excluding hydrogens is 500 g/mol. The Bertz CT molecular complexity index is 1270. The van der Waals surface area contributed by atoms with E-state index in [1.165, 1.54) is 10.7 Å². The van der Waals surface area contributed by atoms with Gasteiger partial charge in [0.2, 0.25) is 6.29 Å². The summed E-state index contributed by atoms with van der Waals surface area (Å²) in [6.07, 6.45) is 2.90. The van der Waals surface area contributed by atoms with Crippen LogP contribution >= 0.6 is 0 Å². The van der Waals surface area contributed by atoms with E-state index in [0.29, 0.717) is 31.3 Å². The number of benzene rings is 1. The third kappa shape index (κ3) is 4.68. The van der Waals surface area contributed by atoms with Gasteiger partial charge in [-0.15, -0.1) is 0 Å². The predicted molar refractivity (Wildman–Crippen MR) is 148 cm³/mol. The van der Waals surface area contributed by atoms with Crippen molar-refractivity contribution >= 4 is 29.6 Å². The van der Waals surface area contributed by atoms with Crippen molar-refractivity contribution in [3.8, 4) is 5.75 Å². The van der Waals surface area contributed by atoms with Crippen LogP contribution in [0.4, 0.5) is 10.5 Å². The Morgan fingerprint density at radius 3 is 2.59 bits per heavy atom. The third-order valence-corrected chi connectivity index (χ3v) is 7.44. The normalized spacial score (nSPS) is 21.2. The van der Waals surface area contributed by atoms with E-state index in [0.717, 1.165) is 49.9 Å². The fourth-order valence-electron chi connectivity index (χ4n) is 5.33. The molecule has 5 heterocycles. The third-order valence-electron chi connectivity index (χ3n) is 7.44. The number of nitrogens with zero attached hydrogens (tertiary/aromatic N) is 8. The smallest absolute Gasteiger partial charge is 0.341 e. The van der Waals surface area contributed by atoms with E-state index < -0.39 is 6.29 Å². The molecule has 13 heteroatoms. The van der Waals surface area contributed by atoms with Crippen molar-refractivity contribution in [2.75, 3.05) is 71.5 Å². The van der Waals surface area contributed by atoms with Crippen LogP contribution in [0.5, 0.6) is 5.75 Å². The van der Waals surface area contributed by atoms with Gasteiger partial charge in [-0.25, -0.2) is 35.6 Å². The number of carbonyl (C=O) groups is 1. The van der Waals surface area contributed by atoms with E-state index in [1.807, 2.05) is 35.5 Å². The molecule has 6 rings (SSSR count). The average molecular weight is 535 g/mol. The van der Waals surface area contributed by atoms with Crippen LogP contribution in [0.3, 0.4) is 0 Å². The van der Waals surface area contributed by atoms with Gasteiger partial charge in [0.25, 0.3) is 0 Å². The van der Waals surface area contributed by atoms with Crippen LogP contribution in [0.15, 0.2) is 58.3 Å². The number of anilines is 1. The molecule has 206 valence electrons. The topological polar surface area (TPSA) is 122 Å². The van der Waals surface area contributed by atoms with E-state index >= 15 is 0 Å². The number of fused-ring (bicyclic) bond motifs is 3. The number of amides is 2. The van der Waals surface area contributed by atoms with Crippen LogP contribution < -0.4 is 15.5 Å². The van der Waals surface area contributed by atoms with Crippen molar-refractivity contribution < 1.29 is 14.3 Å². The molecule has 1 unspecified atom stereocenters. The Morgan fingerprint density at radius 1 is 1.08 bits per heavy atom. The molecule has 0 spiro atoms. The summed E-state index contributed by atoms with van der Waals surface area (Å²) in [6, 6.07) is 12.0. The van der Waals surface area contributed by atoms with Crippen LogP contribution in [-0.4, -0.2) is 121 Å². The molecule has 4 aliphatic heterocycles. The summed E-state index contributed by atoms with van der Waals surface area (Å²) in [5.74, 6) is 7.62. The lowest BCUT2D eigenvalue weighted by atomic mass is 10.2. The van der Waals surface area contributed by atoms with Crippen LogP contribution in [0.1, 0.15) is 5.69 Å². The lowest BCUT2D eigenvalue weighted by molar-refractivity contribution is 0.0842. The number of nitrogens with one attached hydrogen (secondary N) is 1. The Labute approximate surface area is 227 Å². The second-order valence-electron chi connectivity index (χ2n) is 9.74. The van der Waals surface area contributed by atoms with Gasteiger partial charge in [-0.1, -0.05) is 0 Å². The van der Waals surface area contributed by atoms with Gasteiger partial charge in [0, 0.05) is 65.3 Å². The molecule has 1 atom stereocenters. The minimum atomic E-state index is -0.490. The standard InChI is InChI=1S/C26H34N10O3/c1-31-26(37)34(25-30-24-23(36(25)31)22(29-18-35(24)27)21-4-3-9-28-21)15-12-32-10-13-33(14-11-32)19-5-7-20(8-6-19)39-17-16-38-2/h3-9,18,25,28H,10-17,27H2,1-2H3. The van der Waals surface area contributed by atoms with Crippen LogP contribution in [-0.2, 0) is 4.74 Å². The maximum absolute atomic E-state index is 13.3. The van der Waals surface area contributed by atoms with Crippen molar-refractivity contribution in [3.63, 3.8) is 0 Å². The molecule has 39 heavy (non-hydrogen) atoms. The summed E-state index contributed by atoms with van der Waals surface area (Å²) in [7, 11) is 3.43. The van der Waals surface area contributed by atoms with Crippen molar-refractivity contribution in [2.24, 2.45) is 15.8 Å². The number of hydrogen-bond donors (Lipinski definition) is 2. The van der Waals surface area contributed by atoms with Crippen molar-refractivity contribution in [3.05, 3.63) is 54.0 Å². The zero-order chi connectivity index (χ0) is 26.9.